The lowest BCUT2D eigenvalue weighted by atomic mass is 10.8. The van der Waals surface area contributed by atoms with Crippen molar-refractivity contribution >= 4 is 6.21 Å². The van der Waals surface area contributed by atoms with Gasteiger partial charge >= 0.3 is 0 Å². The molecule has 0 amide bonds. The molecule has 0 unspecified atom stereocenters. The Morgan fingerprint density at radius 1 is 2.00 bits per heavy atom. The molecule has 0 fully saturated rings. The van der Waals surface area contributed by atoms with Gasteiger partial charge in [-0.15, -0.1) is 0 Å². The number of nitrogens with zero attached hydrogens (tertiary/aromatic N) is 2. The quantitative estimate of drug-likeness (QED) is 0.283. The predicted octanol–water partition coefficient (Wildman–Crippen LogP) is 0.346. The first-order valence-electron chi connectivity index (χ1n) is 1.71. The van der Waals surface area contributed by atoms with Crippen LogP contribution in [0.1, 0.15) is 0 Å². The Morgan fingerprint density at radius 3 is 3.14 bits per heavy atom. The summed E-state index contributed by atoms with van der Waals surface area (Å²) in [4.78, 5) is 4.28. The second-order valence-electron chi connectivity index (χ2n) is 0.720. The van der Waals surface area contributed by atoms with Gasteiger partial charge in [-0.2, -0.15) is 5.26 Å². The second kappa shape index (κ2) is 4.96. The monoisotopic (exact) mass is 97.0 g/mol. The minimum Gasteiger partial charge on any atom is -0.381 e. The number of oxime groups is 1. The molecule has 0 saturated heterocycles. The van der Waals surface area contributed by atoms with E-state index >= 15 is 0 Å². The first-order chi connectivity index (χ1) is 3.41. The fourth-order valence-electron chi connectivity index (χ4n) is 0.119. The molecular formula is C4H5N2O. The van der Waals surface area contributed by atoms with Crippen molar-refractivity contribution < 1.29 is 4.84 Å². The van der Waals surface area contributed by atoms with Crippen LogP contribution in [0.25, 0.3) is 0 Å². The molecule has 37 valence electrons. The average Bonchev–Trinajstić information content (AvgIpc) is 1.69. The fourth-order valence-corrected chi connectivity index (χ4v) is 0.119. The van der Waals surface area contributed by atoms with E-state index in [1.165, 1.54) is 6.21 Å². The highest BCUT2D eigenvalue weighted by Crippen LogP contribution is 1.67. The highest BCUT2D eigenvalue weighted by atomic mass is 16.6. The lowest BCUT2D eigenvalue weighted by Crippen LogP contribution is -1.79. The van der Waals surface area contributed by atoms with E-state index in [-0.39, 0.29) is 6.61 Å². The maximum atomic E-state index is 7.82. The minimum atomic E-state index is -0.00792. The van der Waals surface area contributed by atoms with Gasteiger partial charge in [0.25, 0.3) is 0 Å². The molecule has 0 aliphatic heterocycles. The largest absolute Gasteiger partial charge is 0.381 e. The number of rotatable bonds is 2. The Labute approximate surface area is 42.2 Å². The van der Waals surface area contributed by atoms with Crippen molar-refractivity contribution in [3.63, 3.8) is 0 Å². The summed E-state index contributed by atoms with van der Waals surface area (Å²) in [5.74, 6) is 0. The van der Waals surface area contributed by atoms with E-state index in [2.05, 4.69) is 16.9 Å². The third-order valence-corrected chi connectivity index (χ3v) is 0.278. The molecule has 0 rings (SSSR count). The fraction of sp³-hybridized carbons (Fsp3) is 0.250. The molecule has 0 atom stereocenters. The van der Waals surface area contributed by atoms with Gasteiger partial charge in [-0.05, 0) is 6.92 Å². The average molecular weight is 97.1 g/mol. The lowest BCUT2D eigenvalue weighted by Gasteiger charge is -1.82. The lowest BCUT2D eigenvalue weighted by molar-refractivity contribution is 0.180. The van der Waals surface area contributed by atoms with E-state index < -0.39 is 0 Å². The summed E-state index contributed by atoms with van der Waals surface area (Å²) >= 11 is 0. The molecule has 0 heterocycles. The maximum absolute atomic E-state index is 7.82. The van der Waals surface area contributed by atoms with E-state index in [1.807, 2.05) is 0 Å². The van der Waals surface area contributed by atoms with Crippen molar-refractivity contribution in [1.82, 2.24) is 0 Å². The molecule has 0 aliphatic carbocycles. The Bertz CT molecular complexity index is 92.4. The van der Waals surface area contributed by atoms with Crippen LogP contribution in [-0.4, -0.2) is 12.8 Å². The Kier molecular flexibility index (Phi) is 4.22. The molecule has 3 heteroatoms. The van der Waals surface area contributed by atoms with Crippen LogP contribution in [0.15, 0.2) is 5.16 Å². The van der Waals surface area contributed by atoms with Gasteiger partial charge < -0.3 is 4.84 Å². The summed E-state index contributed by atoms with van der Waals surface area (Å²) in [6.45, 7) is 3.22. The van der Waals surface area contributed by atoms with E-state index in [9.17, 15) is 0 Å². The van der Waals surface area contributed by atoms with Gasteiger partial charge in [-0.25, -0.2) is 0 Å². The van der Waals surface area contributed by atoms with Crippen LogP contribution in [0.5, 0.6) is 0 Å². The smallest absolute Gasteiger partial charge is 0.202 e. The molecule has 0 spiro atoms. The highest BCUT2D eigenvalue weighted by molar-refractivity contribution is 5.60. The summed E-state index contributed by atoms with van der Waals surface area (Å²) in [7, 11) is 0. The molecule has 1 radical (unpaired) electrons. The Balaban J connectivity index is 2.87. The van der Waals surface area contributed by atoms with Crippen LogP contribution in [-0.2, 0) is 4.84 Å². The van der Waals surface area contributed by atoms with Gasteiger partial charge in [-0.3, -0.25) is 0 Å². The van der Waals surface area contributed by atoms with Crippen molar-refractivity contribution in [2.75, 3.05) is 6.61 Å². The summed E-state index contributed by atoms with van der Waals surface area (Å²) < 4.78 is 0. The molecule has 0 aromatic carbocycles. The summed E-state index contributed by atoms with van der Waals surface area (Å²) in [6, 6.07) is 1.74. The van der Waals surface area contributed by atoms with E-state index in [4.69, 9.17) is 5.26 Å². The molecular weight excluding hydrogens is 92.1 g/mol. The van der Waals surface area contributed by atoms with Crippen LogP contribution >= 0.6 is 0 Å². The van der Waals surface area contributed by atoms with Crippen molar-refractivity contribution in [2.24, 2.45) is 5.16 Å². The molecule has 0 N–H and O–H groups in total. The van der Waals surface area contributed by atoms with Gasteiger partial charge in [0.15, 0.2) is 0 Å². The van der Waals surface area contributed by atoms with Crippen molar-refractivity contribution in [2.45, 2.75) is 0 Å². The van der Waals surface area contributed by atoms with Crippen molar-refractivity contribution in [1.29, 1.82) is 5.26 Å². The van der Waals surface area contributed by atoms with Crippen LogP contribution in [0.3, 0.4) is 0 Å². The van der Waals surface area contributed by atoms with Crippen molar-refractivity contribution in [3.8, 4) is 6.07 Å². The standard InChI is InChI=1S/C4H5N2O/c1-2-6-7-4-3-5/h2H,1,4H2. The molecule has 3 nitrogen and oxygen atoms in total. The van der Waals surface area contributed by atoms with E-state index in [0.717, 1.165) is 0 Å². The topological polar surface area (TPSA) is 45.4 Å². The third-order valence-electron chi connectivity index (χ3n) is 0.278. The summed E-state index contributed by atoms with van der Waals surface area (Å²) in [5, 5.41) is 11.0. The van der Waals surface area contributed by atoms with E-state index in [1.54, 1.807) is 6.07 Å². The molecule has 0 aromatic rings. The first-order valence-corrected chi connectivity index (χ1v) is 1.71. The molecule has 0 bridgehead atoms. The normalized spacial score (nSPS) is 8.57. The number of hydrogen-bond donors (Lipinski definition) is 0. The highest BCUT2D eigenvalue weighted by Gasteiger charge is 1.69. The van der Waals surface area contributed by atoms with Gasteiger partial charge in [0.05, 0.1) is 0 Å². The number of hydrogen-bond acceptors (Lipinski definition) is 3. The summed E-state index contributed by atoms with van der Waals surface area (Å²) in [6.07, 6.45) is 1.23. The SMILES string of the molecule is [CH2]C=NOCC#N. The molecule has 0 aromatic heterocycles. The molecule has 0 saturated carbocycles. The zero-order valence-corrected chi connectivity index (χ0v) is 3.79. The van der Waals surface area contributed by atoms with Crippen LogP contribution in [0, 0.1) is 18.3 Å². The third kappa shape index (κ3) is 4.96. The van der Waals surface area contributed by atoms with E-state index in [0.29, 0.717) is 0 Å². The van der Waals surface area contributed by atoms with Gasteiger partial charge in [0.1, 0.15) is 6.07 Å². The van der Waals surface area contributed by atoms with Gasteiger partial charge in [0, 0.05) is 6.21 Å². The summed E-state index contributed by atoms with van der Waals surface area (Å²) in [5.41, 5.74) is 0. The first kappa shape index (κ1) is 5.96. The Morgan fingerprint density at radius 2 is 2.71 bits per heavy atom. The number of nitriles is 1. The van der Waals surface area contributed by atoms with Crippen molar-refractivity contribution in [3.05, 3.63) is 6.92 Å². The Hall–Kier alpha value is -1.04. The van der Waals surface area contributed by atoms with Crippen LogP contribution < -0.4 is 0 Å². The van der Waals surface area contributed by atoms with Gasteiger partial charge in [0.2, 0.25) is 6.61 Å². The molecule has 0 aliphatic rings. The maximum Gasteiger partial charge on any atom is 0.202 e. The predicted molar refractivity (Wildman–Crippen MR) is 25.4 cm³/mol. The zero-order chi connectivity index (χ0) is 5.54. The second-order valence-corrected chi connectivity index (χ2v) is 0.720. The van der Waals surface area contributed by atoms with Crippen LogP contribution in [0.4, 0.5) is 0 Å². The molecule has 7 heavy (non-hydrogen) atoms. The zero-order valence-electron chi connectivity index (χ0n) is 3.79. The minimum absolute atomic E-state index is 0.00792. The van der Waals surface area contributed by atoms with Crippen LogP contribution in [0.2, 0.25) is 0 Å². The van der Waals surface area contributed by atoms with Gasteiger partial charge in [-0.1, -0.05) is 5.16 Å².